The summed E-state index contributed by atoms with van der Waals surface area (Å²) in [5.74, 6) is 2.05. The van der Waals surface area contributed by atoms with Gasteiger partial charge in [-0.3, -0.25) is 4.79 Å². The molecule has 0 fully saturated rings. The van der Waals surface area contributed by atoms with Crippen LogP contribution in [-0.2, 0) is 6.54 Å². The van der Waals surface area contributed by atoms with E-state index in [2.05, 4.69) is 5.10 Å². The molecule has 1 aromatic heterocycles. The van der Waals surface area contributed by atoms with Crippen LogP contribution in [0.15, 0.2) is 89.9 Å². The molecule has 0 spiro atoms. The third-order valence-corrected chi connectivity index (χ3v) is 4.39. The molecule has 6 nitrogen and oxygen atoms in total. The summed E-state index contributed by atoms with van der Waals surface area (Å²) in [5, 5.41) is 15.7. The smallest absolute Gasteiger partial charge is 0.274 e. The van der Waals surface area contributed by atoms with Crippen molar-refractivity contribution in [2.75, 3.05) is 6.61 Å². The average molecular weight is 388 g/mol. The van der Waals surface area contributed by atoms with Crippen LogP contribution in [0.4, 0.5) is 0 Å². The summed E-state index contributed by atoms with van der Waals surface area (Å²) in [7, 11) is 0. The van der Waals surface area contributed by atoms with E-state index in [4.69, 9.17) is 9.47 Å². The number of rotatable bonds is 7. The minimum Gasteiger partial charge on any atom is -0.491 e. The van der Waals surface area contributed by atoms with E-state index in [1.54, 1.807) is 42.6 Å². The second-order valence-corrected chi connectivity index (χ2v) is 6.57. The van der Waals surface area contributed by atoms with Crippen LogP contribution >= 0.6 is 0 Å². The number of aliphatic hydroxyl groups excluding tert-OH is 1. The summed E-state index contributed by atoms with van der Waals surface area (Å²) in [6.45, 7) is 0.0959. The van der Waals surface area contributed by atoms with Crippen molar-refractivity contribution in [3.63, 3.8) is 0 Å². The number of hydrogen-bond acceptors (Lipinski definition) is 5. The fourth-order valence-electron chi connectivity index (χ4n) is 2.93. The molecule has 1 unspecified atom stereocenters. The van der Waals surface area contributed by atoms with Gasteiger partial charge in [0.1, 0.15) is 30.0 Å². The Morgan fingerprint density at radius 2 is 1.52 bits per heavy atom. The fraction of sp³-hybridized carbons (Fsp3) is 0.130. The zero-order valence-corrected chi connectivity index (χ0v) is 15.6. The first-order valence-electron chi connectivity index (χ1n) is 9.28. The van der Waals surface area contributed by atoms with Gasteiger partial charge in [-0.05, 0) is 42.5 Å². The Kier molecular flexibility index (Phi) is 5.54. The summed E-state index contributed by atoms with van der Waals surface area (Å²) in [6, 6.07) is 23.9. The second-order valence-electron chi connectivity index (χ2n) is 6.57. The molecule has 1 heterocycles. The highest BCUT2D eigenvalue weighted by molar-refractivity contribution is 5.80. The van der Waals surface area contributed by atoms with E-state index < -0.39 is 6.10 Å². The van der Waals surface area contributed by atoms with Gasteiger partial charge in [-0.1, -0.05) is 36.4 Å². The van der Waals surface area contributed by atoms with Crippen molar-refractivity contribution < 1.29 is 14.6 Å². The minimum atomic E-state index is -0.874. The van der Waals surface area contributed by atoms with Crippen LogP contribution in [0.3, 0.4) is 0 Å². The molecular formula is C23H20N2O4. The van der Waals surface area contributed by atoms with Crippen LogP contribution in [0, 0.1) is 0 Å². The summed E-state index contributed by atoms with van der Waals surface area (Å²) in [4.78, 5) is 12.5. The molecule has 0 aliphatic heterocycles. The highest BCUT2D eigenvalue weighted by Gasteiger charge is 2.11. The van der Waals surface area contributed by atoms with Crippen molar-refractivity contribution in [3.05, 3.63) is 95.4 Å². The lowest BCUT2D eigenvalue weighted by Gasteiger charge is -2.14. The Hall–Kier alpha value is -3.64. The third kappa shape index (κ3) is 4.62. The van der Waals surface area contributed by atoms with E-state index >= 15 is 0 Å². The Morgan fingerprint density at radius 1 is 0.862 bits per heavy atom. The van der Waals surface area contributed by atoms with Crippen molar-refractivity contribution >= 4 is 10.8 Å². The highest BCUT2D eigenvalue weighted by Crippen LogP contribution is 2.23. The first-order valence-corrected chi connectivity index (χ1v) is 9.28. The molecule has 3 aromatic carbocycles. The Morgan fingerprint density at radius 3 is 2.31 bits per heavy atom. The number of nitrogens with zero attached hydrogens (tertiary/aromatic N) is 2. The number of para-hydroxylation sites is 1. The monoisotopic (exact) mass is 388 g/mol. The number of hydrogen-bond donors (Lipinski definition) is 1. The van der Waals surface area contributed by atoms with Crippen LogP contribution < -0.4 is 15.0 Å². The summed E-state index contributed by atoms with van der Waals surface area (Å²) < 4.78 is 12.6. The molecule has 0 saturated carbocycles. The maximum atomic E-state index is 12.5. The number of benzene rings is 3. The van der Waals surface area contributed by atoms with Crippen molar-refractivity contribution in [1.29, 1.82) is 0 Å². The summed E-state index contributed by atoms with van der Waals surface area (Å²) >= 11 is 0. The van der Waals surface area contributed by atoms with Gasteiger partial charge in [0.25, 0.3) is 5.56 Å². The van der Waals surface area contributed by atoms with Crippen molar-refractivity contribution in [2.24, 2.45) is 0 Å². The van der Waals surface area contributed by atoms with E-state index in [0.717, 1.165) is 11.1 Å². The third-order valence-electron chi connectivity index (χ3n) is 4.39. The van der Waals surface area contributed by atoms with Crippen molar-refractivity contribution in [3.8, 4) is 17.2 Å². The topological polar surface area (TPSA) is 73.6 Å². The molecular weight excluding hydrogens is 368 g/mol. The van der Waals surface area contributed by atoms with Crippen LogP contribution in [0.5, 0.6) is 17.2 Å². The number of aliphatic hydroxyl groups is 1. The second kappa shape index (κ2) is 8.58. The highest BCUT2D eigenvalue weighted by atomic mass is 16.5. The van der Waals surface area contributed by atoms with E-state index in [0.29, 0.717) is 16.9 Å². The standard InChI is InChI=1S/C23H20N2O4/c26-18(15-25-23(27)22-9-5-4-6-17(22)14-24-25)16-28-19-10-12-21(13-11-19)29-20-7-2-1-3-8-20/h1-14,18,26H,15-16H2. The van der Waals surface area contributed by atoms with Crippen LogP contribution in [-0.4, -0.2) is 27.6 Å². The molecule has 6 heteroatoms. The van der Waals surface area contributed by atoms with Gasteiger partial charge in [0.15, 0.2) is 0 Å². The molecule has 4 rings (SSSR count). The normalized spacial score (nSPS) is 11.9. The molecule has 0 radical (unpaired) electrons. The van der Waals surface area contributed by atoms with Gasteiger partial charge in [-0.25, -0.2) is 4.68 Å². The van der Waals surface area contributed by atoms with E-state index in [9.17, 15) is 9.90 Å². The zero-order valence-electron chi connectivity index (χ0n) is 15.6. The lowest BCUT2D eigenvalue weighted by atomic mass is 10.2. The van der Waals surface area contributed by atoms with Gasteiger partial charge in [-0.2, -0.15) is 5.10 Å². The largest absolute Gasteiger partial charge is 0.491 e. The van der Waals surface area contributed by atoms with Crippen molar-refractivity contribution in [2.45, 2.75) is 12.6 Å². The predicted molar refractivity (Wildman–Crippen MR) is 110 cm³/mol. The maximum Gasteiger partial charge on any atom is 0.274 e. The fourth-order valence-corrected chi connectivity index (χ4v) is 2.93. The molecule has 0 saturated heterocycles. The summed E-state index contributed by atoms with van der Waals surface area (Å²) in [6.07, 6.45) is 0.747. The van der Waals surface area contributed by atoms with Gasteiger partial charge in [0.2, 0.25) is 0 Å². The maximum absolute atomic E-state index is 12.5. The molecule has 1 atom stereocenters. The van der Waals surface area contributed by atoms with Crippen LogP contribution in [0.2, 0.25) is 0 Å². The van der Waals surface area contributed by atoms with E-state index in [1.165, 1.54) is 4.68 Å². The quantitative estimate of drug-likeness (QED) is 0.523. The molecule has 29 heavy (non-hydrogen) atoms. The van der Waals surface area contributed by atoms with Gasteiger partial charge in [0, 0.05) is 5.39 Å². The Bertz CT molecular complexity index is 1140. The van der Waals surface area contributed by atoms with E-state index in [-0.39, 0.29) is 18.7 Å². The molecule has 0 aliphatic carbocycles. The summed E-state index contributed by atoms with van der Waals surface area (Å²) in [5.41, 5.74) is -0.232. The van der Waals surface area contributed by atoms with Crippen molar-refractivity contribution in [1.82, 2.24) is 9.78 Å². The SMILES string of the molecule is O=c1c2ccccc2cnn1CC(O)COc1ccc(Oc2ccccc2)cc1. The number of fused-ring (bicyclic) bond motifs is 1. The molecule has 0 amide bonds. The van der Waals surface area contributed by atoms with Crippen LogP contribution in [0.25, 0.3) is 10.8 Å². The molecule has 0 bridgehead atoms. The first kappa shape index (κ1) is 18.7. The molecule has 4 aromatic rings. The lowest BCUT2D eigenvalue weighted by Crippen LogP contribution is -2.31. The lowest BCUT2D eigenvalue weighted by molar-refractivity contribution is 0.0881. The molecule has 1 N–H and O–H groups in total. The molecule has 0 aliphatic rings. The van der Waals surface area contributed by atoms with Gasteiger partial charge in [0.05, 0.1) is 18.1 Å². The van der Waals surface area contributed by atoms with E-state index in [1.807, 2.05) is 42.5 Å². The Balaban J connectivity index is 1.34. The zero-order chi connectivity index (χ0) is 20.1. The molecule has 146 valence electrons. The van der Waals surface area contributed by atoms with Gasteiger partial charge in [-0.15, -0.1) is 0 Å². The Labute approximate surface area is 167 Å². The number of aromatic nitrogens is 2. The number of ether oxygens (including phenoxy) is 2. The first-order chi connectivity index (χ1) is 14.2. The minimum absolute atomic E-state index is 0.0415. The average Bonchev–Trinajstić information content (AvgIpc) is 2.76. The van der Waals surface area contributed by atoms with Crippen LogP contribution in [0.1, 0.15) is 0 Å². The van der Waals surface area contributed by atoms with Gasteiger partial charge >= 0.3 is 0 Å². The van der Waals surface area contributed by atoms with Gasteiger partial charge < -0.3 is 14.6 Å². The predicted octanol–water partition coefficient (Wildman–Crippen LogP) is 3.63.